The molecule has 0 bridgehead atoms. The van der Waals surface area contributed by atoms with Gasteiger partial charge in [0.05, 0.1) is 29.2 Å². The SMILES string of the molecule is COC1C(c2ccccc2)N(N2CCN(C=O)CC2)CCN1Nc1ncc(Cl)c(-c2cnc3ccccn23)n1. The third-order valence-electron chi connectivity index (χ3n) is 7.30. The van der Waals surface area contributed by atoms with Crippen LogP contribution in [0.1, 0.15) is 11.6 Å². The van der Waals surface area contributed by atoms with Crippen LogP contribution in [0.4, 0.5) is 5.95 Å². The van der Waals surface area contributed by atoms with Gasteiger partial charge in [0.15, 0.2) is 0 Å². The van der Waals surface area contributed by atoms with Gasteiger partial charge in [0.25, 0.3) is 0 Å². The summed E-state index contributed by atoms with van der Waals surface area (Å²) < 4.78 is 8.07. The fourth-order valence-corrected chi connectivity index (χ4v) is 5.57. The number of amides is 1. The van der Waals surface area contributed by atoms with Gasteiger partial charge in [-0.15, -0.1) is 0 Å². The Hall–Kier alpha value is -3.61. The van der Waals surface area contributed by atoms with Crippen molar-refractivity contribution in [1.82, 2.24) is 39.3 Å². The van der Waals surface area contributed by atoms with Crippen LogP contribution in [0.25, 0.3) is 17.0 Å². The molecule has 0 saturated carbocycles. The number of benzene rings is 1. The molecule has 3 aromatic heterocycles. The Labute approximate surface area is 231 Å². The summed E-state index contributed by atoms with van der Waals surface area (Å²) >= 11 is 6.55. The summed E-state index contributed by atoms with van der Waals surface area (Å²) in [6.45, 7) is 4.36. The van der Waals surface area contributed by atoms with Gasteiger partial charge in [0.2, 0.25) is 12.4 Å². The lowest BCUT2D eigenvalue weighted by atomic mass is 10.0. The van der Waals surface area contributed by atoms with E-state index in [0.29, 0.717) is 36.3 Å². The van der Waals surface area contributed by atoms with E-state index in [2.05, 4.69) is 37.5 Å². The number of hydrazine groups is 2. The summed E-state index contributed by atoms with van der Waals surface area (Å²) in [6, 6.07) is 16.1. The number of fused-ring (bicyclic) bond motifs is 1. The molecule has 2 unspecified atom stereocenters. The van der Waals surface area contributed by atoms with E-state index < -0.39 is 0 Å². The van der Waals surface area contributed by atoms with Crippen LogP contribution in [0, 0.1) is 0 Å². The van der Waals surface area contributed by atoms with E-state index in [1.165, 1.54) is 0 Å². The topological polar surface area (TPSA) is 94.4 Å². The minimum absolute atomic E-state index is 0.0919. The summed E-state index contributed by atoms with van der Waals surface area (Å²) in [4.78, 5) is 26.8. The molecule has 2 atom stereocenters. The number of nitrogens with one attached hydrogen (secondary N) is 1. The standard InChI is InChI=1S/C27H30ClN9O2/c1-39-26-25(20-7-3-2-4-8-20)37(34-13-11-33(19-38)12-14-34)16-15-36(26)32-27-30-17-21(28)24(31-27)22-18-29-23-9-5-6-10-35(22)23/h2-10,17-19,25-26H,11-16H2,1H3,(H,30,31,32). The first-order valence-electron chi connectivity index (χ1n) is 12.9. The van der Waals surface area contributed by atoms with Gasteiger partial charge in [-0.1, -0.05) is 48.0 Å². The van der Waals surface area contributed by atoms with E-state index in [1.807, 2.05) is 56.9 Å². The third-order valence-corrected chi connectivity index (χ3v) is 7.58. The molecule has 2 fully saturated rings. The van der Waals surface area contributed by atoms with Gasteiger partial charge in [-0.05, 0) is 17.7 Å². The first kappa shape index (κ1) is 25.7. The molecule has 2 aliphatic rings. The molecule has 6 rings (SSSR count). The lowest BCUT2D eigenvalue weighted by Crippen LogP contribution is -2.64. The van der Waals surface area contributed by atoms with Crippen LogP contribution in [0.5, 0.6) is 0 Å². The van der Waals surface area contributed by atoms with Gasteiger partial charge in [-0.25, -0.2) is 25.0 Å². The molecule has 1 aromatic carbocycles. The largest absolute Gasteiger partial charge is 0.363 e. The number of halogens is 1. The zero-order valence-electron chi connectivity index (χ0n) is 21.6. The second-order valence-corrected chi connectivity index (χ2v) is 9.91. The van der Waals surface area contributed by atoms with Crippen LogP contribution in [0.2, 0.25) is 5.02 Å². The number of nitrogens with zero attached hydrogens (tertiary/aromatic N) is 8. The molecule has 4 aromatic rings. The Morgan fingerprint density at radius 3 is 2.54 bits per heavy atom. The number of anilines is 1. The summed E-state index contributed by atoms with van der Waals surface area (Å²) in [5, 5.41) is 7.19. The number of carbonyl (C=O) groups excluding carboxylic acids is 1. The highest BCUT2D eigenvalue weighted by Crippen LogP contribution is 2.34. The van der Waals surface area contributed by atoms with Crippen LogP contribution in [0.3, 0.4) is 0 Å². The van der Waals surface area contributed by atoms with Gasteiger partial charge in [0.1, 0.15) is 17.6 Å². The molecule has 11 nitrogen and oxygen atoms in total. The molecule has 1 amide bonds. The second-order valence-electron chi connectivity index (χ2n) is 9.51. The molecule has 39 heavy (non-hydrogen) atoms. The van der Waals surface area contributed by atoms with Crippen molar-refractivity contribution < 1.29 is 9.53 Å². The van der Waals surface area contributed by atoms with E-state index in [9.17, 15) is 4.79 Å². The summed E-state index contributed by atoms with van der Waals surface area (Å²) in [7, 11) is 1.72. The quantitative estimate of drug-likeness (QED) is 0.350. The molecule has 5 heterocycles. The van der Waals surface area contributed by atoms with Crippen molar-refractivity contribution in [1.29, 1.82) is 0 Å². The van der Waals surface area contributed by atoms with E-state index >= 15 is 0 Å². The highest BCUT2D eigenvalue weighted by molar-refractivity contribution is 6.32. The van der Waals surface area contributed by atoms with Crippen molar-refractivity contribution in [3.8, 4) is 11.4 Å². The molecule has 0 radical (unpaired) electrons. The van der Waals surface area contributed by atoms with Crippen molar-refractivity contribution in [2.75, 3.05) is 51.8 Å². The number of ether oxygens (including phenoxy) is 1. The fourth-order valence-electron chi connectivity index (χ4n) is 5.38. The molecule has 2 saturated heterocycles. The zero-order valence-corrected chi connectivity index (χ0v) is 22.4. The number of carbonyl (C=O) groups is 1. The minimum Gasteiger partial charge on any atom is -0.363 e. The van der Waals surface area contributed by atoms with E-state index in [0.717, 1.165) is 42.9 Å². The number of hydrogen-bond acceptors (Lipinski definition) is 9. The van der Waals surface area contributed by atoms with E-state index in [4.69, 9.17) is 21.3 Å². The maximum absolute atomic E-state index is 11.3. The minimum atomic E-state index is -0.344. The molecular weight excluding hydrogens is 518 g/mol. The van der Waals surface area contributed by atoms with Gasteiger partial charge in [0, 0.05) is 52.6 Å². The zero-order chi connectivity index (χ0) is 26.8. The molecule has 12 heteroatoms. The van der Waals surface area contributed by atoms with E-state index in [1.54, 1.807) is 19.5 Å². The Morgan fingerprint density at radius 2 is 1.77 bits per heavy atom. The molecule has 2 aliphatic heterocycles. The van der Waals surface area contributed by atoms with E-state index in [-0.39, 0.29) is 12.3 Å². The number of pyridine rings is 1. The number of aromatic nitrogens is 4. The lowest BCUT2D eigenvalue weighted by molar-refractivity contribution is -0.188. The van der Waals surface area contributed by atoms with Gasteiger partial charge in [-0.2, -0.15) is 5.01 Å². The molecule has 1 N–H and O–H groups in total. The third kappa shape index (κ3) is 5.07. The van der Waals surface area contributed by atoms with Crippen LogP contribution < -0.4 is 5.43 Å². The number of imidazole rings is 1. The number of rotatable bonds is 7. The highest BCUT2D eigenvalue weighted by Gasteiger charge is 2.41. The predicted octanol–water partition coefficient (Wildman–Crippen LogP) is 2.79. The summed E-state index contributed by atoms with van der Waals surface area (Å²) in [5.74, 6) is 0.419. The van der Waals surface area contributed by atoms with Crippen LogP contribution in [-0.2, 0) is 9.53 Å². The Balaban J connectivity index is 1.28. The van der Waals surface area contributed by atoms with Crippen molar-refractivity contribution in [2.45, 2.75) is 12.3 Å². The average molecular weight is 548 g/mol. The predicted molar refractivity (Wildman–Crippen MR) is 147 cm³/mol. The number of piperazine rings is 2. The average Bonchev–Trinajstić information content (AvgIpc) is 3.42. The maximum Gasteiger partial charge on any atom is 0.238 e. The normalized spacial score (nSPS) is 21.3. The summed E-state index contributed by atoms with van der Waals surface area (Å²) in [5.41, 5.74) is 6.72. The van der Waals surface area contributed by atoms with Gasteiger partial charge in [-0.3, -0.25) is 14.6 Å². The van der Waals surface area contributed by atoms with Gasteiger partial charge >= 0.3 is 0 Å². The first-order valence-corrected chi connectivity index (χ1v) is 13.3. The van der Waals surface area contributed by atoms with Crippen molar-refractivity contribution in [3.63, 3.8) is 0 Å². The van der Waals surface area contributed by atoms with Crippen LogP contribution in [-0.4, -0.2) is 98.3 Å². The fraction of sp³-hybridized carbons (Fsp3) is 0.333. The molecule has 202 valence electrons. The monoisotopic (exact) mass is 547 g/mol. The number of hydrogen-bond donors (Lipinski definition) is 1. The van der Waals surface area contributed by atoms with Crippen molar-refractivity contribution >= 4 is 29.6 Å². The molecule has 0 aliphatic carbocycles. The molecular formula is C27H30ClN9O2. The van der Waals surface area contributed by atoms with Gasteiger partial charge < -0.3 is 9.64 Å². The molecule has 0 spiro atoms. The first-order chi connectivity index (χ1) is 19.2. The lowest BCUT2D eigenvalue weighted by Gasteiger charge is -2.51. The maximum atomic E-state index is 11.3. The van der Waals surface area contributed by atoms with Crippen molar-refractivity contribution in [2.24, 2.45) is 0 Å². The number of methoxy groups -OCH3 is 1. The van der Waals surface area contributed by atoms with Crippen LogP contribution in [0.15, 0.2) is 67.1 Å². The van der Waals surface area contributed by atoms with Crippen LogP contribution >= 0.6 is 11.6 Å². The smallest absolute Gasteiger partial charge is 0.238 e. The Morgan fingerprint density at radius 1 is 0.974 bits per heavy atom. The second kappa shape index (κ2) is 11.2. The Kier molecular flexibility index (Phi) is 7.40. The highest BCUT2D eigenvalue weighted by atomic mass is 35.5. The Bertz CT molecular complexity index is 1430. The summed E-state index contributed by atoms with van der Waals surface area (Å²) in [6.07, 6.45) is 5.89. The van der Waals surface area contributed by atoms with Crippen molar-refractivity contribution in [3.05, 3.63) is 77.7 Å².